The Labute approximate surface area is 123 Å². The van der Waals surface area contributed by atoms with Crippen LogP contribution in [0.2, 0.25) is 0 Å². The lowest BCUT2D eigenvalue weighted by Crippen LogP contribution is -2.10. The minimum Gasteiger partial charge on any atom is -0.374 e. The van der Waals surface area contributed by atoms with E-state index in [1.807, 2.05) is 6.92 Å². The average molecular weight is 311 g/mol. The molecular weight excluding hydrogens is 298 g/mol. The summed E-state index contributed by atoms with van der Waals surface area (Å²) in [5, 5.41) is 13.2. The first-order valence-electron chi connectivity index (χ1n) is 5.91. The Bertz CT molecular complexity index is 621. The molecule has 106 valence electrons. The number of ether oxygens (including phenoxy) is 1. The third-order valence-corrected chi connectivity index (χ3v) is 4.17. The number of Topliss-reactive ketones (excluding diaryl/α,β-unsaturated/α-hetero) is 1. The van der Waals surface area contributed by atoms with Gasteiger partial charge in [0, 0.05) is 12.0 Å². The minimum atomic E-state index is -0.298. The van der Waals surface area contributed by atoms with Crippen molar-refractivity contribution in [3.8, 4) is 0 Å². The monoisotopic (exact) mass is 311 g/mol. The predicted molar refractivity (Wildman–Crippen MR) is 77.5 cm³/mol. The molecule has 20 heavy (non-hydrogen) atoms. The highest BCUT2D eigenvalue weighted by molar-refractivity contribution is 7.15. The first kappa shape index (κ1) is 14.8. The molecule has 0 spiro atoms. The van der Waals surface area contributed by atoms with E-state index in [1.165, 1.54) is 29.6 Å². The molecule has 2 aromatic heterocycles. The van der Waals surface area contributed by atoms with E-state index in [-0.39, 0.29) is 11.7 Å². The number of hydrogen-bond acceptors (Lipinski definition) is 7. The van der Waals surface area contributed by atoms with Gasteiger partial charge in [-0.15, -0.1) is 21.5 Å². The van der Waals surface area contributed by atoms with Crippen molar-refractivity contribution in [1.29, 1.82) is 0 Å². The average Bonchev–Trinajstić information content (AvgIpc) is 3.05. The van der Waals surface area contributed by atoms with E-state index in [0.717, 1.165) is 0 Å². The largest absolute Gasteiger partial charge is 0.374 e. The maximum atomic E-state index is 12.0. The minimum absolute atomic E-state index is 0.0519. The highest BCUT2D eigenvalue weighted by Crippen LogP contribution is 2.19. The van der Waals surface area contributed by atoms with Crippen LogP contribution >= 0.6 is 22.7 Å². The predicted octanol–water partition coefficient (Wildman–Crippen LogP) is 2.59. The molecule has 1 N–H and O–H groups in total. The second-order valence-corrected chi connectivity index (χ2v) is 5.82. The van der Waals surface area contributed by atoms with Crippen LogP contribution in [0.4, 0.5) is 5.13 Å². The van der Waals surface area contributed by atoms with E-state index in [0.29, 0.717) is 33.8 Å². The van der Waals surface area contributed by atoms with Crippen LogP contribution in [-0.2, 0) is 11.3 Å². The summed E-state index contributed by atoms with van der Waals surface area (Å²) in [6.07, 6.45) is 0. The van der Waals surface area contributed by atoms with Crippen LogP contribution in [0, 0.1) is 0 Å². The van der Waals surface area contributed by atoms with E-state index in [1.54, 1.807) is 11.4 Å². The molecule has 2 heterocycles. The lowest BCUT2D eigenvalue weighted by Gasteiger charge is -1.97. The summed E-state index contributed by atoms with van der Waals surface area (Å²) in [6, 6.07) is 1.57. The number of hydrogen-bond donors (Lipinski definition) is 1. The standard InChI is InChI=1S/C12H13N3O3S2/c1-3-18-5-10-14-15-12(20-10)13-11(17)8-4-9(7(2)16)19-6-8/h4,6H,3,5H2,1-2H3,(H,13,15,17). The van der Waals surface area contributed by atoms with Gasteiger partial charge in [-0.1, -0.05) is 11.3 Å². The zero-order valence-corrected chi connectivity index (χ0v) is 12.6. The first-order chi connectivity index (χ1) is 9.60. The summed E-state index contributed by atoms with van der Waals surface area (Å²) in [5.74, 6) is -0.350. The molecule has 0 radical (unpaired) electrons. The smallest absolute Gasteiger partial charge is 0.258 e. The van der Waals surface area contributed by atoms with Crippen molar-refractivity contribution in [1.82, 2.24) is 10.2 Å². The van der Waals surface area contributed by atoms with Crippen LogP contribution in [-0.4, -0.2) is 28.5 Å². The number of carbonyl (C=O) groups is 2. The molecule has 0 aliphatic rings. The van der Waals surface area contributed by atoms with Crippen LogP contribution in [0.25, 0.3) is 0 Å². The number of thiophene rings is 1. The van der Waals surface area contributed by atoms with Gasteiger partial charge in [-0.05, 0) is 19.9 Å². The van der Waals surface area contributed by atoms with Gasteiger partial charge in [0.1, 0.15) is 11.6 Å². The van der Waals surface area contributed by atoms with Crippen molar-refractivity contribution < 1.29 is 14.3 Å². The van der Waals surface area contributed by atoms with Gasteiger partial charge in [-0.2, -0.15) is 0 Å². The van der Waals surface area contributed by atoms with Crippen LogP contribution in [0.5, 0.6) is 0 Å². The number of nitrogens with one attached hydrogen (secondary N) is 1. The van der Waals surface area contributed by atoms with Gasteiger partial charge in [0.05, 0.1) is 10.4 Å². The lowest BCUT2D eigenvalue weighted by molar-refractivity contribution is 0.102. The van der Waals surface area contributed by atoms with E-state index in [2.05, 4.69) is 15.5 Å². The van der Waals surface area contributed by atoms with E-state index >= 15 is 0 Å². The highest BCUT2D eigenvalue weighted by atomic mass is 32.1. The van der Waals surface area contributed by atoms with Crippen molar-refractivity contribution in [3.63, 3.8) is 0 Å². The maximum Gasteiger partial charge on any atom is 0.258 e. The Kier molecular flexibility index (Phi) is 4.94. The zero-order chi connectivity index (χ0) is 14.5. The van der Waals surface area contributed by atoms with Gasteiger partial charge >= 0.3 is 0 Å². The Morgan fingerprint density at radius 2 is 2.20 bits per heavy atom. The number of aromatic nitrogens is 2. The van der Waals surface area contributed by atoms with Crippen LogP contribution < -0.4 is 5.32 Å². The molecule has 0 saturated carbocycles. The highest BCUT2D eigenvalue weighted by Gasteiger charge is 2.13. The molecule has 0 aliphatic heterocycles. The normalized spacial score (nSPS) is 10.5. The second-order valence-electron chi connectivity index (χ2n) is 3.85. The lowest BCUT2D eigenvalue weighted by atomic mass is 10.2. The van der Waals surface area contributed by atoms with E-state index in [9.17, 15) is 9.59 Å². The van der Waals surface area contributed by atoms with Crippen LogP contribution in [0.15, 0.2) is 11.4 Å². The Morgan fingerprint density at radius 3 is 2.85 bits per heavy atom. The summed E-state index contributed by atoms with van der Waals surface area (Å²) >= 11 is 2.52. The van der Waals surface area contributed by atoms with Crippen molar-refractivity contribution in [3.05, 3.63) is 26.9 Å². The van der Waals surface area contributed by atoms with Crippen molar-refractivity contribution in [2.24, 2.45) is 0 Å². The molecule has 0 saturated heterocycles. The SMILES string of the molecule is CCOCc1nnc(NC(=O)c2csc(C(C)=O)c2)s1. The molecular formula is C12H13N3O3S2. The van der Waals surface area contributed by atoms with Crippen LogP contribution in [0.1, 0.15) is 38.9 Å². The number of ketones is 1. The fourth-order valence-corrected chi connectivity index (χ4v) is 2.82. The van der Waals surface area contributed by atoms with Crippen molar-refractivity contribution >= 4 is 39.5 Å². The third-order valence-electron chi connectivity index (χ3n) is 2.33. The second kappa shape index (κ2) is 6.69. The molecule has 0 atom stereocenters. The summed E-state index contributed by atoms with van der Waals surface area (Å²) in [7, 11) is 0. The quantitative estimate of drug-likeness (QED) is 0.829. The first-order valence-corrected chi connectivity index (χ1v) is 7.60. The van der Waals surface area contributed by atoms with Gasteiger partial charge in [-0.25, -0.2) is 0 Å². The molecule has 0 bridgehead atoms. The van der Waals surface area contributed by atoms with Gasteiger partial charge in [0.2, 0.25) is 5.13 Å². The number of rotatable bonds is 6. The Hall–Kier alpha value is -1.64. The summed E-state index contributed by atoms with van der Waals surface area (Å²) < 4.78 is 5.21. The summed E-state index contributed by atoms with van der Waals surface area (Å²) in [4.78, 5) is 23.7. The Balaban J connectivity index is 1.99. The fourth-order valence-electron chi connectivity index (χ4n) is 1.36. The maximum absolute atomic E-state index is 12.0. The number of anilines is 1. The molecule has 1 amide bonds. The van der Waals surface area contributed by atoms with Crippen molar-refractivity contribution in [2.75, 3.05) is 11.9 Å². The van der Waals surface area contributed by atoms with Gasteiger partial charge < -0.3 is 4.74 Å². The van der Waals surface area contributed by atoms with E-state index in [4.69, 9.17) is 4.74 Å². The van der Waals surface area contributed by atoms with Crippen molar-refractivity contribution in [2.45, 2.75) is 20.5 Å². The molecule has 8 heteroatoms. The van der Waals surface area contributed by atoms with Gasteiger partial charge in [0.15, 0.2) is 5.78 Å². The Morgan fingerprint density at radius 1 is 1.40 bits per heavy atom. The number of carbonyl (C=O) groups excluding carboxylic acids is 2. The third kappa shape index (κ3) is 3.69. The van der Waals surface area contributed by atoms with Gasteiger partial charge in [-0.3, -0.25) is 14.9 Å². The fraction of sp³-hybridized carbons (Fsp3) is 0.333. The van der Waals surface area contributed by atoms with E-state index < -0.39 is 0 Å². The molecule has 0 aromatic carbocycles. The summed E-state index contributed by atoms with van der Waals surface area (Å²) in [6.45, 7) is 4.35. The molecule has 2 rings (SSSR count). The molecule has 0 unspecified atom stereocenters. The molecule has 6 nitrogen and oxygen atoms in total. The number of nitrogens with zero attached hydrogens (tertiary/aromatic N) is 2. The molecule has 0 fully saturated rings. The zero-order valence-electron chi connectivity index (χ0n) is 11.0. The van der Waals surface area contributed by atoms with Gasteiger partial charge in [0.25, 0.3) is 5.91 Å². The molecule has 0 aliphatic carbocycles. The molecule has 2 aromatic rings. The van der Waals surface area contributed by atoms with Crippen LogP contribution in [0.3, 0.4) is 0 Å². The summed E-state index contributed by atoms with van der Waals surface area (Å²) in [5.41, 5.74) is 0.446. The number of amides is 1. The topological polar surface area (TPSA) is 81.2 Å².